The molecule has 3 aromatic rings. The second-order valence-corrected chi connectivity index (χ2v) is 8.77. The molecule has 0 aliphatic carbocycles. The van der Waals surface area contributed by atoms with E-state index in [0.29, 0.717) is 22.3 Å². The van der Waals surface area contributed by atoms with Gasteiger partial charge in [-0.1, -0.05) is 54.9 Å². The Balaban J connectivity index is 2.14. The summed E-state index contributed by atoms with van der Waals surface area (Å²) >= 11 is 6.22. The summed E-state index contributed by atoms with van der Waals surface area (Å²) < 4.78 is 28.3. The quantitative estimate of drug-likeness (QED) is 0.457. The summed E-state index contributed by atoms with van der Waals surface area (Å²) in [5.41, 5.74) is 11.9. The van der Waals surface area contributed by atoms with Crippen molar-refractivity contribution in [1.82, 2.24) is 9.29 Å². The highest BCUT2D eigenvalue weighted by Crippen LogP contribution is 2.34. The molecule has 0 saturated carbocycles. The molecule has 1 aromatic heterocycles. The zero-order valence-electron chi connectivity index (χ0n) is 16.1. The predicted octanol–water partition coefficient (Wildman–Crippen LogP) is 3.56. The van der Waals surface area contributed by atoms with Gasteiger partial charge in [0.15, 0.2) is 11.8 Å². The summed E-state index contributed by atoms with van der Waals surface area (Å²) in [6, 6.07) is 13.8. The van der Waals surface area contributed by atoms with Crippen molar-refractivity contribution in [3.05, 3.63) is 65.3 Å². The summed E-state index contributed by atoms with van der Waals surface area (Å²) in [5, 5.41) is 1.44. The predicted molar refractivity (Wildman–Crippen MR) is 117 cm³/mol. The van der Waals surface area contributed by atoms with Gasteiger partial charge in [-0.25, -0.2) is 13.4 Å². The first-order chi connectivity index (χ1) is 13.8. The number of aliphatic imine (C=N–C) groups is 1. The van der Waals surface area contributed by atoms with Crippen LogP contribution in [0.2, 0.25) is 5.02 Å². The van der Waals surface area contributed by atoms with Crippen molar-refractivity contribution in [2.75, 3.05) is 6.54 Å². The molecule has 0 spiro atoms. The molecule has 0 bridgehead atoms. The lowest BCUT2D eigenvalue weighted by Gasteiger charge is -2.27. The van der Waals surface area contributed by atoms with Crippen LogP contribution in [0.3, 0.4) is 0 Å². The lowest BCUT2D eigenvalue weighted by Crippen LogP contribution is -2.33. The zero-order valence-corrected chi connectivity index (χ0v) is 17.7. The average Bonchev–Trinajstić information content (AvgIpc) is 2.70. The maximum atomic E-state index is 13.4. The van der Waals surface area contributed by atoms with Crippen LogP contribution in [0, 0.1) is 0 Å². The van der Waals surface area contributed by atoms with E-state index < -0.39 is 10.0 Å². The number of nitrogens with zero attached hydrogens (tertiary/aromatic N) is 3. The van der Waals surface area contributed by atoms with E-state index in [1.165, 1.54) is 22.6 Å². The first-order valence-corrected chi connectivity index (χ1v) is 10.8. The average molecular weight is 432 g/mol. The number of sulfonamides is 1. The largest absolute Gasteiger partial charge is 0.370 e. The number of guanidine groups is 1. The highest BCUT2D eigenvalue weighted by atomic mass is 35.5. The number of pyridine rings is 1. The number of rotatable bonds is 6. The number of halogens is 1. The molecule has 0 radical (unpaired) electrons. The maximum Gasteiger partial charge on any atom is 0.243 e. The van der Waals surface area contributed by atoms with Gasteiger partial charge in [-0.05, 0) is 24.6 Å². The van der Waals surface area contributed by atoms with E-state index in [9.17, 15) is 8.42 Å². The Labute approximate surface area is 175 Å². The molecule has 0 fully saturated rings. The Bertz CT molecular complexity index is 1160. The van der Waals surface area contributed by atoms with Gasteiger partial charge in [0.05, 0.1) is 9.92 Å². The Morgan fingerprint density at radius 2 is 1.86 bits per heavy atom. The van der Waals surface area contributed by atoms with E-state index in [0.717, 1.165) is 5.56 Å². The Morgan fingerprint density at radius 1 is 1.17 bits per heavy atom. The number of fused-ring (bicyclic) bond motifs is 1. The number of benzene rings is 2. The molecule has 9 heteroatoms. The second kappa shape index (κ2) is 8.36. The molecule has 0 aliphatic heterocycles. The summed E-state index contributed by atoms with van der Waals surface area (Å²) in [7, 11) is -3.80. The SMILES string of the molecule is CCN([C@H](C)c1ccccc1)S(=O)(=O)c1ccc2c(Cl)cnc(N=C(N)N)c2c1. The van der Waals surface area contributed by atoms with Crippen LogP contribution in [0.1, 0.15) is 25.5 Å². The number of aromatic nitrogens is 1. The fraction of sp³-hybridized carbons (Fsp3) is 0.200. The topological polar surface area (TPSA) is 115 Å². The van der Waals surface area contributed by atoms with Crippen LogP contribution in [0.25, 0.3) is 10.8 Å². The van der Waals surface area contributed by atoms with Crippen LogP contribution in [-0.4, -0.2) is 30.2 Å². The lowest BCUT2D eigenvalue weighted by atomic mass is 10.1. The van der Waals surface area contributed by atoms with E-state index in [1.54, 1.807) is 13.0 Å². The van der Waals surface area contributed by atoms with Gasteiger partial charge in [-0.3, -0.25) is 0 Å². The van der Waals surface area contributed by atoms with Crippen molar-refractivity contribution in [1.29, 1.82) is 0 Å². The van der Waals surface area contributed by atoms with Crippen LogP contribution in [-0.2, 0) is 10.0 Å². The first kappa shape index (κ1) is 21.0. The Kier molecular flexibility index (Phi) is 6.07. The standard InChI is InChI=1S/C20H22ClN5O2S/c1-3-26(13(2)14-7-5-4-6-8-14)29(27,28)15-9-10-16-17(11-15)19(25-20(22)23)24-12-18(16)21/h4-13H,3H2,1-2H3,(H4,22,23,24,25)/t13-/m1/s1. The van der Waals surface area contributed by atoms with Crippen molar-refractivity contribution >= 4 is 44.2 Å². The first-order valence-electron chi connectivity index (χ1n) is 9.00. The van der Waals surface area contributed by atoms with Gasteiger partial charge in [-0.15, -0.1) is 0 Å². The third kappa shape index (κ3) is 4.19. The van der Waals surface area contributed by atoms with Crippen LogP contribution in [0.4, 0.5) is 5.82 Å². The minimum atomic E-state index is -3.80. The fourth-order valence-electron chi connectivity index (χ4n) is 3.23. The molecular weight excluding hydrogens is 410 g/mol. The van der Waals surface area contributed by atoms with Gasteiger partial charge in [-0.2, -0.15) is 9.30 Å². The third-order valence-electron chi connectivity index (χ3n) is 4.66. The summed E-state index contributed by atoms with van der Waals surface area (Å²) in [4.78, 5) is 8.24. The van der Waals surface area contributed by atoms with Crippen molar-refractivity contribution in [2.45, 2.75) is 24.8 Å². The smallest absolute Gasteiger partial charge is 0.243 e. The molecular formula is C20H22ClN5O2S. The molecule has 4 N–H and O–H groups in total. The molecule has 0 saturated heterocycles. The molecule has 0 unspecified atom stereocenters. The van der Waals surface area contributed by atoms with Gasteiger partial charge in [0, 0.05) is 29.6 Å². The van der Waals surface area contributed by atoms with Gasteiger partial charge in [0.25, 0.3) is 0 Å². The lowest BCUT2D eigenvalue weighted by molar-refractivity contribution is 0.357. The highest BCUT2D eigenvalue weighted by molar-refractivity contribution is 7.89. The zero-order chi connectivity index (χ0) is 21.2. The van der Waals surface area contributed by atoms with Crippen LogP contribution < -0.4 is 11.5 Å². The maximum absolute atomic E-state index is 13.4. The van der Waals surface area contributed by atoms with Gasteiger partial charge >= 0.3 is 0 Å². The van der Waals surface area contributed by atoms with E-state index >= 15 is 0 Å². The van der Waals surface area contributed by atoms with Gasteiger partial charge in [0.2, 0.25) is 10.0 Å². The molecule has 0 aliphatic rings. The summed E-state index contributed by atoms with van der Waals surface area (Å²) in [6.45, 7) is 3.98. The number of nitrogens with two attached hydrogens (primary N) is 2. The van der Waals surface area contributed by atoms with E-state index in [4.69, 9.17) is 23.1 Å². The van der Waals surface area contributed by atoms with E-state index in [1.807, 2.05) is 37.3 Å². The number of hydrogen-bond acceptors (Lipinski definition) is 4. The molecule has 152 valence electrons. The third-order valence-corrected chi connectivity index (χ3v) is 7.00. The molecule has 29 heavy (non-hydrogen) atoms. The minimum absolute atomic E-state index is 0.116. The van der Waals surface area contributed by atoms with Crippen LogP contribution in [0.15, 0.2) is 64.6 Å². The Morgan fingerprint density at radius 3 is 2.48 bits per heavy atom. The second-order valence-electron chi connectivity index (χ2n) is 6.47. The summed E-state index contributed by atoms with van der Waals surface area (Å²) in [5.74, 6) is 0.0304. The van der Waals surface area contributed by atoms with Crippen LogP contribution >= 0.6 is 11.6 Å². The van der Waals surface area contributed by atoms with Crippen molar-refractivity contribution in [2.24, 2.45) is 16.5 Å². The van der Waals surface area contributed by atoms with Crippen molar-refractivity contribution in [3.63, 3.8) is 0 Å². The summed E-state index contributed by atoms with van der Waals surface area (Å²) in [6.07, 6.45) is 1.43. The van der Waals surface area contributed by atoms with Crippen molar-refractivity contribution in [3.8, 4) is 0 Å². The molecule has 2 aromatic carbocycles. The number of hydrogen-bond donors (Lipinski definition) is 2. The monoisotopic (exact) mass is 431 g/mol. The Hall–Kier alpha value is -2.68. The van der Waals surface area contributed by atoms with Gasteiger partial charge in [0.1, 0.15) is 0 Å². The van der Waals surface area contributed by atoms with Gasteiger partial charge < -0.3 is 11.5 Å². The normalized spacial score (nSPS) is 12.8. The van der Waals surface area contributed by atoms with Crippen molar-refractivity contribution < 1.29 is 8.42 Å². The minimum Gasteiger partial charge on any atom is -0.370 e. The molecule has 1 heterocycles. The van der Waals surface area contributed by atoms with E-state index in [2.05, 4.69) is 9.98 Å². The van der Waals surface area contributed by atoms with Crippen LogP contribution in [0.5, 0.6) is 0 Å². The van der Waals surface area contributed by atoms with E-state index in [-0.39, 0.29) is 22.7 Å². The molecule has 7 nitrogen and oxygen atoms in total. The molecule has 3 rings (SSSR count). The highest BCUT2D eigenvalue weighted by Gasteiger charge is 2.29. The molecule has 0 amide bonds. The fourth-order valence-corrected chi connectivity index (χ4v) is 5.10. The molecule has 1 atom stereocenters.